The maximum absolute atomic E-state index is 11.9. The Labute approximate surface area is 110 Å². The molecule has 7 nitrogen and oxygen atoms in total. The number of nitrogens with zero attached hydrogens (tertiary/aromatic N) is 3. The molecule has 1 amide bonds. The Bertz CT molecular complexity index is 491. The van der Waals surface area contributed by atoms with E-state index in [2.05, 4.69) is 5.29 Å². The van der Waals surface area contributed by atoms with E-state index in [0.29, 0.717) is 5.56 Å². The van der Waals surface area contributed by atoms with Crippen LogP contribution in [-0.2, 0) is 11.3 Å². The zero-order chi connectivity index (χ0) is 14.6. The van der Waals surface area contributed by atoms with E-state index < -0.39 is 16.2 Å². The molecule has 0 saturated carbocycles. The number of hydrogen-bond donors (Lipinski definition) is 0. The summed E-state index contributed by atoms with van der Waals surface area (Å²) in [7, 11) is 0. The molecule has 7 heteroatoms. The number of carbonyl (C=O) groups excluding carboxylic acids is 1. The molecule has 0 N–H and O–H groups in total. The van der Waals surface area contributed by atoms with Gasteiger partial charge in [-0.25, -0.2) is 0 Å². The quantitative estimate of drug-likeness (QED) is 0.475. The highest BCUT2D eigenvalue weighted by Gasteiger charge is 2.28. The van der Waals surface area contributed by atoms with Gasteiger partial charge in [0.1, 0.15) is 0 Å². The van der Waals surface area contributed by atoms with Crippen LogP contribution in [-0.4, -0.2) is 15.8 Å². The van der Waals surface area contributed by atoms with Gasteiger partial charge in [-0.05, 0) is 5.56 Å². The maximum Gasteiger partial charge on any atom is 0.269 e. The van der Waals surface area contributed by atoms with E-state index in [4.69, 9.17) is 0 Å². The fourth-order valence-corrected chi connectivity index (χ4v) is 1.42. The zero-order valence-corrected chi connectivity index (χ0v) is 11.0. The van der Waals surface area contributed by atoms with Crippen molar-refractivity contribution in [1.82, 2.24) is 5.01 Å². The highest BCUT2D eigenvalue weighted by molar-refractivity contribution is 5.81. The molecular formula is C12H15N3O4. The molecule has 1 aromatic carbocycles. The van der Waals surface area contributed by atoms with Crippen molar-refractivity contribution in [2.75, 3.05) is 0 Å². The molecule has 0 bridgehead atoms. The Morgan fingerprint density at radius 1 is 1.32 bits per heavy atom. The predicted octanol–water partition coefficient (Wildman–Crippen LogP) is 2.65. The van der Waals surface area contributed by atoms with Crippen molar-refractivity contribution >= 4 is 11.6 Å². The van der Waals surface area contributed by atoms with Gasteiger partial charge in [-0.1, -0.05) is 32.9 Å². The van der Waals surface area contributed by atoms with Crippen molar-refractivity contribution in [3.63, 3.8) is 0 Å². The molecule has 0 atom stereocenters. The van der Waals surface area contributed by atoms with Crippen molar-refractivity contribution in [3.8, 4) is 0 Å². The molecule has 0 radical (unpaired) electrons. The summed E-state index contributed by atoms with van der Waals surface area (Å²) in [6, 6.07) is 5.62. The average molecular weight is 265 g/mol. The summed E-state index contributed by atoms with van der Waals surface area (Å²) in [6.07, 6.45) is 0. The highest BCUT2D eigenvalue weighted by atomic mass is 16.6. The summed E-state index contributed by atoms with van der Waals surface area (Å²) >= 11 is 0. The summed E-state index contributed by atoms with van der Waals surface area (Å²) in [4.78, 5) is 32.6. The van der Waals surface area contributed by atoms with Gasteiger partial charge in [0.2, 0.25) is 0 Å². The fourth-order valence-electron chi connectivity index (χ4n) is 1.42. The lowest BCUT2D eigenvalue weighted by Gasteiger charge is -2.22. The molecule has 0 aromatic heterocycles. The van der Waals surface area contributed by atoms with Gasteiger partial charge < -0.3 is 0 Å². The summed E-state index contributed by atoms with van der Waals surface area (Å²) in [6.45, 7) is 5.05. The lowest BCUT2D eigenvalue weighted by atomic mass is 9.95. The molecule has 1 rings (SSSR count). The SMILES string of the molecule is CC(C)(C)C(=O)N(Cc1ccc([N+](=O)[O-])cc1)N=O. The number of carbonyl (C=O) groups is 1. The fraction of sp³-hybridized carbons (Fsp3) is 0.417. The van der Waals surface area contributed by atoms with E-state index in [1.54, 1.807) is 20.8 Å². The molecule has 0 spiro atoms. The van der Waals surface area contributed by atoms with Gasteiger partial charge >= 0.3 is 0 Å². The second-order valence-corrected chi connectivity index (χ2v) is 5.12. The predicted molar refractivity (Wildman–Crippen MR) is 68.9 cm³/mol. The molecule has 102 valence electrons. The van der Waals surface area contributed by atoms with E-state index in [0.717, 1.165) is 5.01 Å². The number of amides is 1. The monoisotopic (exact) mass is 265 g/mol. The van der Waals surface area contributed by atoms with Crippen molar-refractivity contribution < 1.29 is 9.72 Å². The van der Waals surface area contributed by atoms with Gasteiger partial charge in [-0.15, -0.1) is 4.91 Å². The third-order valence-corrected chi connectivity index (χ3v) is 2.45. The van der Waals surface area contributed by atoms with Gasteiger partial charge in [-0.2, -0.15) is 5.01 Å². The maximum atomic E-state index is 11.9. The Morgan fingerprint density at radius 3 is 2.21 bits per heavy atom. The van der Waals surface area contributed by atoms with Crippen LogP contribution in [0.2, 0.25) is 0 Å². The molecule has 1 aromatic rings. The second kappa shape index (κ2) is 5.55. The van der Waals surface area contributed by atoms with E-state index in [1.165, 1.54) is 24.3 Å². The zero-order valence-electron chi connectivity index (χ0n) is 11.0. The van der Waals surface area contributed by atoms with Crippen LogP contribution in [0.15, 0.2) is 29.6 Å². The number of benzene rings is 1. The lowest BCUT2D eigenvalue weighted by molar-refractivity contribution is -0.384. The standard InChI is InChI=1S/C12H15N3O4/c1-12(2,3)11(16)14(13-17)8-9-4-6-10(7-5-9)15(18)19/h4-7H,8H2,1-3H3. The van der Waals surface area contributed by atoms with E-state index in [9.17, 15) is 19.8 Å². The largest absolute Gasteiger partial charge is 0.272 e. The van der Waals surface area contributed by atoms with E-state index >= 15 is 0 Å². The number of nitroso groups, excluding NO2 is 1. The van der Waals surface area contributed by atoms with Crippen molar-refractivity contribution in [2.24, 2.45) is 10.7 Å². The lowest BCUT2D eigenvalue weighted by Crippen LogP contribution is -2.35. The minimum Gasteiger partial charge on any atom is -0.272 e. The molecule has 0 aliphatic rings. The third-order valence-electron chi connectivity index (χ3n) is 2.45. The number of non-ortho nitro benzene ring substituents is 1. The first-order chi connectivity index (χ1) is 8.75. The molecule has 19 heavy (non-hydrogen) atoms. The number of hydrogen-bond acceptors (Lipinski definition) is 5. The van der Waals surface area contributed by atoms with Crippen LogP contribution in [0, 0.1) is 20.4 Å². The van der Waals surface area contributed by atoms with Gasteiger partial charge in [0.05, 0.1) is 16.8 Å². The smallest absolute Gasteiger partial charge is 0.269 e. The molecule has 0 unspecified atom stereocenters. The van der Waals surface area contributed by atoms with Crippen molar-refractivity contribution in [3.05, 3.63) is 44.9 Å². The Hall–Kier alpha value is -2.31. The summed E-state index contributed by atoms with van der Waals surface area (Å²) in [5.74, 6) is -0.402. The third kappa shape index (κ3) is 3.84. The van der Waals surface area contributed by atoms with Crippen LogP contribution in [0.4, 0.5) is 5.69 Å². The second-order valence-electron chi connectivity index (χ2n) is 5.12. The first-order valence-corrected chi connectivity index (χ1v) is 5.64. The van der Waals surface area contributed by atoms with E-state index in [-0.39, 0.29) is 12.2 Å². The Morgan fingerprint density at radius 2 is 1.84 bits per heavy atom. The van der Waals surface area contributed by atoms with Gasteiger partial charge in [0, 0.05) is 17.5 Å². The van der Waals surface area contributed by atoms with Crippen LogP contribution >= 0.6 is 0 Å². The molecule has 0 heterocycles. The van der Waals surface area contributed by atoms with Crippen LogP contribution in [0.5, 0.6) is 0 Å². The van der Waals surface area contributed by atoms with Crippen LogP contribution in [0.25, 0.3) is 0 Å². The number of nitro groups is 1. The number of nitro benzene ring substituents is 1. The first kappa shape index (κ1) is 14.7. The Kier molecular flexibility index (Phi) is 4.31. The average Bonchev–Trinajstić information content (AvgIpc) is 2.34. The topological polar surface area (TPSA) is 92.9 Å². The first-order valence-electron chi connectivity index (χ1n) is 5.64. The summed E-state index contributed by atoms with van der Waals surface area (Å²) in [5, 5.41) is 14.0. The van der Waals surface area contributed by atoms with Crippen LogP contribution in [0.1, 0.15) is 26.3 Å². The highest BCUT2D eigenvalue weighted by Crippen LogP contribution is 2.20. The molecule has 0 fully saturated rings. The summed E-state index contributed by atoms with van der Waals surface area (Å²) in [5.41, 5.74) is -0.159. The van der Waals surface area contributed by atoms with Crippen molar-refractivity contribution in [1.29, 1.82) is 0 Å². The van der Waals surface area contributed by atoms with Crippen molar-refractivity contribution in [2.45, 2.75) is 27.3 Å². The van der Waals surface area contributed by atoms with Crippen LogP contribution in [0.3, 0.4) is 0 Å². The minimum absolute atomic E-state index is 0.00238. The van der Waals surface area contributed by atoms with Gasteiger partial charge in [0.15, 0.2) is 0 Å². The molecular weight excluding hydrogens is 250 g/mol. The van der Waals surface area contributed by atoms with Gasteiger partial charge in [0.25, 0.3) is 11.6 Å². The van der Waals surface area contributed by atoms with E-state index in [1.807, 2.05) is 0 Å². The minimum atomic E-state index is -0.714. The number of rotatable bonds is 4. The van der Waals surface area contributed by atoms with Crippen LogP contribution < -0.4 is 0 Å². The van der Waals surface area contributed by atoms with Gasteiger partial charge in [-0.3, -0.25) is 14.9 Å². The summed E-state index contributed by atoms with van der Waals surface area (Å²) < 4.78 is 0. The molecule has 0 aliphatic heterocycles. The normalized spacial score (nSPS) is 10.9. The Balaban J connectivity index is 2.85. The molecule has 0 aliphatic carbocycles. The molecule has 0 saturated heterocycles.